The summed E-state index contributed by atoms with van der Waals surface area (Å²) in [6.45, 7) is 10.2. The van der Waals surface area contributed by atoms with E-state index in [9.17, 15) is 9.18 Å². The van der Waals surface area contributed by atoms with Crippen molar-refractivity contribution in [1.82, 2.24) is 14.6 Å². The fourth-order valence-corrected chi connectivity index (χ4v) is 5.77. The normalized spacial score (nSPS) is 16.1. The molecule has 0 unspecified atom stereocenters. The molecule has 4 heterocycles. The van der Waals surface area contributed by atoms with Crippen LogP contribution in [0.1, 0.15) is 40.0 Å². The average molecular weight is 580 g/mol. The molecule has 8 nitrogen and oxygen atoms in total. The van der Waals surface area contributed by atoms with Gasteiger partial charge in [0.1, 0.15) is 18.1 Å². The molecule has 218 valence electrons. The smallest absolute Gasteiger partial charge is 0.296 e. The highest BCUT2D eigenvalue weighted by Crippen LogP contribution is 2.30. The molecular weight excluding hydrogens is 541 g/mol. The van der Waals surface area contributed by atoms with Crippen molar-refractivity contribution >= 4 is 24.9 Å². The van der Waals surface area contributed by atoms with Gasteiger partial charge in [0.2, 0.25) is 0 Å². The third-order valence-corrected chi connectivity index (χ3v) is 9.06. The molecule has 2 aliphatic heterocycles. The van der Waals surface area contributed by atoms with Gasteiger partial charge in [-0.3, -0.25) is 4.79 Å². The minimum atomic E-state index is -1.20. The van der Waals surface area contributed by atoms with E-state index in [1.807, 2.05) is 6.20 Å². The molecule has 1 saturated heterocycles. The lowest BCUT2D eigenvalue weighted by atomic mass is 9.99. The number of hydrogen-bond donors (Lipinski definition) is 0. The zero-order valence-corrected chi connectivity index (χ0v) is 25.1. The SMILES string of the molecule is C[Si](C)(C)CCOCON1CCc2c(ncc3c2c(C#CCOC2CCOCC2)cn3Cc2ccc(F)cc2)C1=O. The largest absolute Gasteiger partial charge is 0.381 e. The molecule has 3 aromatic rings. The third kappa shape index (κ3) is 7.61. The van der Waals surface area contributed by atoms with E-state index in [1.54, 1.807) is 18.3 Å². The maximum atomic E-state index is 13.5. The molecule has 1 aromatic carbocycles. The van der Waals surface area contributed by atoms with E-state index in [0.717, 1.165) is 46.5 Å². The second-order valence-corrected chi connectivity index (χ2v) is 17.3. The van der Waals surface area contributed by atoms with Gasteiger partial charge in [-0.2, -0.15) is 0 Å². The van der Waals surface area contributed by atoms with Crippen LogP contribution < -0.4 is 0 Å². The number of ether oxygens (including phenoxy) is 3. The van der Waals surface area contributed by atoms with Gasteiger partial charge in [0.15, 0.2) is 6.79 Å². The highest BCUT2D eigenvalue weighted by molar-refractivity contribution is 6.76. The number of halogens is 1. The van der Waals surface area contributed by atoms with E-state index in [2.05, 4.69) is 41.0 Å². The molecule has 0 aliphatic carbocycles. The molecule has 41 heavy (non-hydrogen) atoms. The zero-order valence-electron chi connectivity index (χ0n) is 24.1. The maximum Gasteiger partial charge on any atom is 0.296 e. The first-order chi connectivity index (χ1) is 19.8. The van der Waals surface area contributed by atoms with Crippen LogP contribution in [0, 0.1) is 17.7 Å². The number of pyridine rings is 1. The summed E-state index contributed by atoms with van der Waals surface area (Å²) in [6, 6.07) is 7.48. The van der Waals surface area contributed by atoms with E-state index < -0.39 is 8.07 Å². The quantitative estimate of drug-likeness (QED) is 0.146. The Bertz CT molecular complexity index is 1420. The summed E-state index contributed by atoms with van der Waals surface area (Å²) in [6.07, 6.45) is 6.19. The topological polar surface area (TPSA) is 75.1 Å². The first-order valence-electron chi connectivity index (χ1n) is 14.2. The fraction of sp³-hybridized carbons (Fsp3) is 0.484. The number of aromatic nitrogens is 2. The molecule has 0 spiro atoms. The van der Waals surface area contributed by atoms with Crippen LogP contribution in [0.5, 0.6) is 0 Å². The van der Waals surface area contributed by atoms with Gasteiger partial charge in [-0.25, -0.2) is 19.3 Å². The third-order valence-electron chi connectivity index (χ3n) is 7.35. The lowest BCUT2D eigenvalue weighted by molar-refractivity contribution is -0.195. The summed E-state index contributed by atoms with van der Waals surface area (Å²) < 4.78 is 32.6. The number of carbonyl (C=O) groups is 1. The minimum Gasteiger partial charge on any atom is -0.381 e. The van der Waals surface area contributed by atoms with Crippen LogP contribution in [0.15, 0.2) is 36.7 Å². The monoisotopic (exact) mass is 579 g/mol. The predicted molar refractivity (Wildman–Crippen MR) is 157 cm³/mol. The van der Waals surface area contributed by atoms with Crippen molar-refractivity contribution in [3.8, 4) is 11.8 Å². The van der Waals surface area contributed by atoms with Crippen molar-refractivity contribution in [2.75, 3.05) is 39.8 Å². The summed E-state index contributed by atoms with van der Waals surface area (Å²) in [4.78, 5) is 23.6. The van der Waals surface area contributed by atoms with Crippen molar-refractivity contribution in [2.45, 2.75) is 57.6 Å². The van der Waals surface area contributed by atoms with Gasteiger partial charge in [0, 0.05) is 46.0 Å². The van der Waals surface area contributed by atoms with Crippen LogP contribution in [0.2, 0.25) is 25.7 Å². The Hall–Kier alpha value is -3.07. The van der Waals surface area contributed by atoms with E-state index in [0.29, 0.717) is 51.6 Å². The molecule has 10 heteroatoms. The highest BCUT2D eigenvalue weighted by Gasteiger charge is 2.30. The van der Waals surface area contributed by atoms with Crippen molar-refractivity contribution in [3.05, 3.63) is 64.9 Å². The summed E-state index contributed by atoms with van der Waals surface area (Å²) in [7, 11) is -1.20. The average Bonchev–Trinajstić information content (AvgIpc) is 3.30. The zero-order chi connectivity index (χ0) is 28.8. The van der Waals surface area contributed by atoms with E-state index >= 15 is 0 Å². The van der Waals surface area contributed by atoms with Crippen LogP contribution in [0.3, 0.4) is 0 Å². The molecule has 0 saturated carbocycles. The molecule has 2 aliphatic rings. The Labute approximate surface area is 241 Å². The molecular formula is C31H38FN3O5Si. The Morgan fingerprint density at radius 2 is 1.95 bits per heavy atom. The summed E-state index contributed by atoms with van der Waals surface area (Å²) in [5.41, 5.74) is 3.87. The minimum absolute atomic E-state index is 0.0334. The van der Waals surface area contributed by atoms with Crippen molar-refractivity contribution in [1.29, 1.82) is 0 Å². The lowest BCUT2D eigenvalue weighted by Crippen LogP contribution is -2.39. The number of hydroxylamine groups is 2. The number of carbonyl (C=O) groups excluding carboxylic acids is 1. The molecule has 0 bridgehead atoms. The van der Waals surface area contributed by atoms with E-state index in [4.69, 9.17) is 19.0 Å². The van der Waals surface area contributed by atoms with Crippen molar-refractivity contribution < 1.29 is 28.2 Å². The van der Waals surface area contributed by atoms with Gasteiger partial charge in [0.05, 0.1) is 29.9 Å². The van der Waals surface area contributed by atoms with Crippen LogP contribution in [-0.2, 0) is 32.0 Å². The van der Waals surface area contributed by atoms with Gasteiger partial charge in [0.25, 0.3) is 5.91 Å². The Kier molecular flexibility index (Phi) is 9.52. The van der Waals surface area contributed by atoms with Crippen molar-refractivity contribution in [3.63, 3.8) is 0 Å². The number of nitrogens with zero attached hydrogens (tertiary/aromatic N) is 3. The first kappa shape index (κ1) is 29.4. The first-order valence-corrected chi connectivity index (χ1v) is 17.9. The lowest BCUT2D eigenvalue weighted by Gasteiger charge is -2.27. The van der Waals surface area contributed by atoms with Crippen LogP contribution >= 0.6 is 0 Å². The second kappa shape index (κ2) is 13.3. The van der Waals surface area contributed by atoms with Gasteiger partial charge >= 0.3 is 0 Å². The molecule has 5 rings (SSSR count). The molecule has 0 atom stereocenters. The van der Waals surface area contributed by atoms with Crippen molar-refractivity contribution in [2.24, 2.45) is 0 Å². The number of rotatable bonds is 10. The van der Waals surface area contributed by atoms with Gasteiger partial charge in [-0.05, 0) is 48.6 Å². The molecule has 1 fully saturated rings. The molecule has 2 aromatic heterocycles. The Morgan fingerprint density at radius 1 is 1.17 bits per heavy atom. The number of hydrogen-bond acceptors (Lipinski definition) is 6. The van der Waals surface area contributed by atoms with E-state index in [1.165, 1.54) is 17.2 Å². The van der Waals surface area contributed by atoms with Gasteiger partial charge in [-0.1, -0.05) is 43.6 Å². The van der Waals surface area contributed by atoms with E-state index in [-0.39, 0.29) is 24.6 Å². The number of benzene rings is 1. The molecule has 0 N–H and O–H groups in total. The highest BCUT2D eigenvalue weighted by atomic mass is 28.3. The maximum absolute atomic E-state index is 13.5. The Morgan fingerprint density at radius 3 is 2.71 bits per heavy atom. The fourth-order valence-electron chi connectivity index (χ4n) is 5.02. The number of fused-ring (bicyclic) bond motifs is 3. The van der Waals surface area contributed by atoms with Gasteiger partial charge in [-0.15, -0.1) is 0 Å². The number of amides is 1. The van der Waals surface area contributed by atoms with Crippen LogP contribution in [0.25, 0.3) is 10.9 Å². The molecule has 1 amide bonds. The van der Waals surface area contributed by atoms with Gasteiger partial charge < -0.3 is 18.8 Å². The summed E-state index contributed by atoms with van der Waals surface area (Å²) in [5, 5.41) is 2.26. The van der Waals surface area contributed by atoms with Crippen LogP contribution in [-0.4, -0.2) is 74.5 Å². The van der Waals surface area contributed by atoms with Crippen LogP contribution in [0.4, 0.5) is 4.39 Å². The summed E-state index contributed by atoms with van der Waals surface area (Å²) in [5.74, 6) is 5.91. The summed E-state index contributed by atoms with van der Waals surface area (Å²) >= 11 is 0. The standard InChI is InChI=1S/C31H38FN3O5Si/c1-41(2,3)18-17-38-22-40-35-13-10-27-29-24(5-4-14-39-26-11-15-37-16-12-26)21-34(20-23-6-8-25(32)9-7-23)28(29)19-33-30(27)31(35)36/h6-9,19,21,26H,10-18,20,22H2,1-3H3. The predicted octanol–water partition coefficient (Wildman–Crippen LogP) is 5.01. The second-order valence-electron chi connectivity index (χ2n) is 11.7. The molecule has 0 radical (unpaired) electrons. The Balaban J connectivity index is 1.37.